The molecule has 2 heteroatoms. The Hall–Kier alpha value is -0.950. The smallest absolute Gasteiger partial charge is 0.0437 e. The first-order valence-corrected chi connectivity index (χ1v) is 9.02. The zero-order chi connectivity index (χ0) is 16.1. The summed E-state index contributed by atoms with van der Waals surface area (Å²) >= 11 is 6.25. The van der Waals surface area contributed by atoms with E-state index in [2.05, 4.69) is 44.5 Å². The number of benzene rings is 1. The lowest BCUT2D eigenvalue weighted by Gasteiger charge is -2.38. The Bertz CT molecular complexity index is 488. The Kier molecular flexibility index (Phi) is 6.37. The van der Waals surface area contributed by atoms with Gasteiger partial charge >= 0.3 is 0 Å². The summed E-state index contributed by atoms with van der Waals surface area (Å²) in [6, 6.07) is 8.85. The number of aryl methyl sites for hydroxylation is 1. The van der Waals surface area contributed by atoms with E-state index in [0.29, 0.717) is 12.0 Å². The maximum absolute atomic E-state index is 6.25. The molecule has 0 amide bonds. The highest BCUT2D eigenvalue weighted by Crippen LogP contribution is 2.30. The fourth-order valence-corrected chi connectivity index (χ4v) is 3.68. The number of hydrogen-bond acceptors (Lipinski definition) is 1. The third-order valence-corrected chi connectivity index (χ3v) is 5.73. The zero-order valence-corrected chi connectivity index (χ0v) is 15.1. The van der Waals surface area contributed by atoms with E-state index in [9.17, 15) is 0 Å². The lowest BCUT2D eigenvalue weighted by molar-refractivity contribution is 0.191. The summed E-state index contributed by atoms with van der Waals surface area (Å²) in [4.78, 5) is 2.45. The SMILES string of the molecule is C=C(C(C)CCc1ccccc1Cl)N(C)C1CCC(C)CC1. The predicted molar refractivity (Wildman–Crippen MR) is 97.3 cm³/mol. The van der Waals surface area contributed by atoms with Crippen molar-refractivity contribution < 1.29 is 0 Å². The van der Waals surface area contributed by atoms with E-state index in [1.54, 1.807) is 0 Å². The van der Waals surface area contributed by atoms with Crippen molar-refractivity contribution in [3.63, 3.8) is 0 Å². The molecule has 0 radical (unpaired) electrons. The van der Waals surface area contributed by atoms with Crippen molar-refractivity contribution in [2.24, 2.45) is 11.8 Å². The van der Waals surface area contributed by atoms with E-state index < -0.39 is 0 Å². The molecule has 1 aromatic rings. The van der Waals surface area contributed by atoms with Gasteiger partial charge in [-0.3, -0.25) is 0 Å². The molecule has 0 saturated heterocycles. The number of nitrogens with zero attached hydrogens (tertiary/aromatic N) is 1. The van der Waals surface area contributed by atoms with Crippen molar-refractivity contribution in [1.29, 1.82) is 0 Å². The number of allylic oxidation sites excluding steroid dienone is 1. The Balaban J connectivity index is 1.85. The molecule has 0 aliphatic heterocycles. The second kappa shape index (κ2) is 8.06. The van der Waals surface area contributed by atoms with E-state index in [-0.39, 0.29) is 0 Å². The summed E-state index contributed by atoms with van der Waals surface area (Å²) in [6.07, 6.45) is 7.47. The lowest BCUT2D eigenvalue weighted by Crippen LogP contribution is -2.35. The maximum atomic E-state index is 6.25. The van der Waals surface area contributed by atoms with Crippen molar-refractivity contribution in [2.75, 3.05) is 7.05 Å². The molecule has 2 rings (SSSR count). The summed E-state index contributed by atoms with van der Waals surface area (Å²) < 4.78 is 0. The number of rotatable bonds is 6. The summed E-state index contributed by atoms with van der Waals surface area (Å²) in [5.41, 5.74) is 2.53. The largest absolute Gasteiger partial charge is 0.375 e. The monoisotopic (exact) mass is 319 g/mol. The molecule has 122 valence electrons. The first-order chi connectivity index (χ1) is 10.5. The van der Waals surface area contributed by atoms with E-state index in [4.69, 9.17) is 11.6 Å². The van der Waals surface area contributed by atoms with Crippen LogP contribution in [0.3, 0.4) is 0 Å². The Morgan fingerprint density at radius 2 is 1.91 bits per heavy atom. The van der Waals surface area contributed by atoms with Crippen molar-refractivity contribution in [3.8, 4) is 0 Å². The molecule has 1 aliphatic rings. The Morgan fingerprint density at radius 3 is 2.55 bits per heavy atom. The Labute approximate surface area is 141 Å². The first kappa shape index (κ1) is 17.4. The lowest BCUT2D eigenvalue weighted by atomic mass is 9.86. The second-order valence-corrected chi connectivity index (χ2v) is 7.45. The minimum atomic E-state index is 0.501. The molecule has 1 fully saturated rings. The van der Waals surface area contributed by atoms with Crippen LogP contribution in [0.4, 0.5) is 0 Å². The van der Waals surface area contributed by atoms with Gasteiger partial charge in [0.2, 0.25) is 0 Å². The topological polar surface area (TPSA) is 3.24 Å². The van der Waals surface area contributed by atoms with Gasteiger partial charge in [-0.1, -0.05) is 50.2 Å². The molecule has 1 aliphatic carbocycles. The predicted octanol–water partition coefficient (Wildman–Crippen LogP) is 5.93. The molecule has 1 nitrogen and oxygen atoms in total. The molecule has 0 aromatic heterocycles. The van der Waals surface area contributed by atoms with Gasteiger partial charge in [0.15, 0.2) is 0 Å². The molecule has 0 heterocycles. The van der Waals surface area contributed by atoms with Crippen LogP contribution >= 0.6 is 11.6 Å². The third kappa shape index (κ3) is 4.52. The van der Waals surface area contributed by atoms with E-state index in [1.807, 2.05) is 12.1 Å². The Morgan fingerprint density at radius 1 is 1.27 bits per heavy atom. The van der Waals surface area contributed by atoms with Crippen molar-refractivity contribution in [3.05, 3.63) is 47.1 Å². The first-order valence-electron chi connectivity index (χ1n) is 8.64. The molecule has 0 spiro atoms. The second-order valence-electron chi connectivity index (χ2n) is 7.05. The van der Waals surface area contributed by atoms with E-state index in [0.717, 1.165) is 23.8 Å². The minimum Gasteiger partial charge on any atom is -0.375 e. The van der Waals surface area contributed by atoms with Crippen LogP contribution in [0.25, 0.3) is 0 Å². The standard InChI is InChI=1S/C20H30ClN/c1-15-9-13-19(14-10-15)22(4)17(3)16(2)11-12-18-7-5-6-8-20(18)21/h5-8,15-16,19H,3,9-14H2,1-2,4H3. The number of hydrogen-bond donors (Lipinski definition) is 0. The summed E-state index contributed by atoms with van der Waals surface area (Å²) in [6.45, 7) is 9.04. The fraction of sp³-hybridized carbons (Fsp3) is 0.600. The molecule has 0 bridgehead atoms. The average molecular weight is 320 g/mol. The van der Waals surface area contributed by atoms with Gasteiger partial charge in [-0.05, 0) is 62.0 Å². The third-order valence-electron chi connectivity index (χ3n) is 5.36. The highest BCUT2D eigenvalue weighted by Gasteiger charge is 2.24. The van der Waals surface area contributed by atoms with Gasteiger partial charge in [-0.2, -0.15) is 0 Å². The molecule has 1 saturated carbocycles. The molecule has 22 heavy (non-hydrogen) atoms. The highest BCUT2D eigenvalue weighted by atomic mass is 35.5. The van der Waals surface area contributed by atoms with E-state index in [1.165, 1.54) is 36.9 Å². The van der Waals surface area contributed by atoms with E-state index >= 15 is 0 Å². The molecule has 1 unspecified atom stereocenters. The quantitative estimate of drug-likeness (QED) is 0.627. The van der Waals surface area contributed by atoms with Gasteiger partial charge in [0.05, 0.1) is 0 Å². The molecular formula is C20H30ClN. The van der Waals surface area contributed by atoms with Crippen molar-refractivity contribution in [2.45, 2.75) is 58.4 Å². The van der Waals surface area contributed by atoms with Crippen LogP contribution in [0.15, 0.2) is 36.5 Å². The molecule has 0 N–H and O–H groups in total. The van der Waals surface area contributed by atoms with Crippen LogP contribution in [0.5, 0.6) is 0 Å². The van der Waals surface area contributed by atoms with Crippen molar-refractivity contribution in [1.82, 2.24) is 4.90 Å². The van der Waals surface area contributed by atoms with Crippen LogP contribution in [0.1, 0.15) is 51.5 Å². The van der Waals surface area contributed by atoms with Gasteiger partial charge in [-0.25, -0.2) is 0 Å². The van der Waals surface area contributed by atoms with Crippen LogP contribution in [0, 0.1) is 11.8 Å². The van der Waals surface area contributed by atoms with Crippen molar-refractivity contribution >= 4 is 11.6 Å². The molecule has 1 atom stereocenters. The summed E-state index contributed by atoms with van der Waals surface area (Å²) in [5.74, 6) is 1.40. The summed E-state index contributed by atoms with van der Waals surface area (Å²) in [7, 11) is 2.23. The molecule has 1 aromatic carbocycles. The van der Waals surface area contributed by atoms with Gasteiger partial charge in [0.25, 0.3) is 0 Å². The van der Waals surface area contributed by atoms with Crippen LogP contribution in [-0.4, -0.2) is 18.0 Å². The van der Waals surface area contributed by atoms with Gasteiger partial charge < -0.3 is 4.90 Å². The molecular weight excluding hydrogens is 290 g/mol. The van der Waals surface area contributed by atoms with Crippen LogP contribution in [-0.2, 0) is 6.42 Å². The maximum Gasteiger partial charge on any atom is 0.0437 e. The number of halogens is 1. The highest BCUT2D eigenvalue weighted by molar-refractivity contribution is 6.31. The fourth-order valence-electron chi connectivity index (χ4n) is 3.45. The van der Waals surface area contributed by atoms with Crippen LogP contribution < -0.4 is 0 Å². The minimum absolute atomic E-state index is 0.501. The van der Waals surface area contributed by atoms with Gasteiger partial charge in [0, 0.05) is 23.8 Å². The van der Waals surface area contributed by atoms with Gasteiger partial charge in [0.1, 0.15) is 0 Å². The zero-order valence-electron chi connectivity index (χ0n) is 14.3. The normalized spacial score (nSPS) is 23.1. The summed E-state index contributed by atoms with van der Waals surface area (Å²) in [5, 5.41) is 0.884. The van der Waals surface area contributed by atoms with Crippen LogP contribution in [0.2, 0.25) is 5.02 Å². The van der Waals surface area contributed by atoms with Gasteiger partial charge in [-0.15, -0.1) is 0 Å². The average Bonchev–Trinajstić information content (AvgIpc) is 2.53.